The van der Waals surface area contributed by atoms with Gasteiger partial charge in [-0.25, -0.2) is 5.32 Å². The van der Waals surface area contributed by atoms with Gasteiger partial charge in [-0.1, -0.05) is 0 Å². The summed E-state index contributed by atoms with van der Waals surface area (Å²) >= 11 is 8.20. The summed E-state index contributed by atoms with van der Waals surface area (Å²) in [5, 5.41) is 10.2. The number of guanidine groups is 2. The SMILES string of the molecule is C[N+](C)=C1NC(N)=NC(c2ccc(OCCCCCCCCCCCCP(Cl)(c3ccccc3)(c3ccccc3)c3ccccc3)cc2)N1.[Br-]. The van der Waals surface area contributed by atoms with Gasteiger partial charge in [-0.2, -0.15) is 4.99 Å². The number of nitrogens with two attached hydrogens (primary N) is 1. The first kappa shape index (κ1) is 39.4. The Hall–Kier alpha value is -3.38. The molecule has 5 rings (SSSR count). The molecule has 1 heterocycles. The van der Waals surface area contributed by atoms with Crippen molar-refractivity contribution in [3.8, 4) is 5.75 Å². The summed E-state index contributed by atoms with van der Waals surface area (Å²) in [7, 11) is 3.91. The van der Waals surface area contributed by atoms with Gasteiger partial charge in [-0.3, -0.25) is 9.89 Å². The zero-order valence-electron chi connectivity index (χ0n) is 29.6. The average Bonchev–Trinajstić information content (AvgIpc) is 3.14. The molecule has 50 heavy (non-hydrogen) atoms. The maximum Gasteiger partial charge on any atom is -0.0195 e. The van der Waals surface area contributed by atoms with Crippen LogP contribution < -0.4 is 54.0 Å². The first-order valence-electron chi connectivity index (χ1n) is 17.9. The summed E-state index contributed by atoms with van der Waals surface area (Å²) in [6, 6.07) is 40.7. The Morgan fingerprint density at radius 1 is 0.660 bits per heavy atom. The first-order valence-corrected chi connectivity index (χ1v) is 21.2. The fourth-order valence-corrected chi connectivity index (χ4v) is 13.0. The van der Waals surface area contributed by atoms with Crippen molar-refractivity contribution in [3.05, 3.63) is 121 Å². The van der Waals surface area contributed by atoms with Crippen molar-refractivity contribution < 1.29 is 26.3 Å². The summed E-state index contributed by atoms with van der Waals surface area (Å²) in [6.45, 7) is 0.745. The molecule has 0 saturated heterocycles. The summed E-state index contributed by atoms with van der Waals surface area (Å²) in [6.07, 6.45) is 13.1. The van der Waals surface area contributed by atoms with Crippen LogP contribution in [0.3, 0.4) is 0 Å². The largest absolute Gasteiger partial charge is 1.00 e. The standard InChI is InChI=1S/C41H53ClN5OP.BrH/c1-47(2)41-45-39(44-40(43)46-41)34-28-30-35(31-29-34)48-32-20-9-7-5-3-4-6-8-10-21-33-49(42,36-22-14-11-15-23-36,37-24-16-12-17-25-37)38-26-18-13-19-27-38;/h11-19,22-31,39H,3-10,20-21,32-33H2,1-2H3,(H3,43,44,45,46);1H. The van der Waals surface area contributed by atoms with Crippen molar-refractivity contribution in [3.63, 3.8) is 0 Å². The number of hydrogen-bond donors (Lipinski definition) is 3. The van der Waals surface area contributed by atoms with E-state index in [1.54, 1.807) is 0 Å². The van der Waals surface area contributed by atoms with Gasteiger partial charge in [0.1, 0.15) is 5.75 Å². The van der Waals surface area contributed by atoms with Gasteiger partial charge < -0.3 is 27.5 Å². The van der Waals surface area contributed by atoms with E-state index in [9.17, 15) is 0 Å². The molecular formula is C41H54BrClN5OP. The number of aliphatic imine (C=N–C) groups is 1. The van der Waals surface area contributed by atoms with E-state index < -0.39 is 5.96 Å². The van der Waals surface area contributed by atoms with Crippen molar-refractivity contribution in [2.45, 2.75) is 70.4 Å². The third-order valence-corrected chi connectivity index (χ3v) is 17.1. The molecule has 0 spiro atoms. The van der Waals surface area contributed by atoms with Crippen molar-refractivity contribution in [1.82, 2.24) is 10.6 Å². The van der Waals surface area contributed by atoms with Crippen LogP contribution >= 0.6 is 17.2 Å². The summed E-state index contributed by atoms with van der Waals surface area (Å²) < 4.78 is 7.96. The van der Waals surface area contributed by atoms with Crippen LogP contribution in [0, 0.1) is 0 Å². The Kier molecular flexibility index (Phi) is 15.2. The zero-order valence-corrected chi connectivity index (χ0v) is 32.9. The van der Waals surface area contributed by atoms with Crippen LogP contribution in [0.1, 0.15) is 75.9 Å². The van der Waals surface area contributed by atoms with E-state index in [1.165, 1.54) is 67.3 Å². The Morgan fingerprint density at radius 3 is 1.56 bits per heavy atom. The molecule has 0 aromatic heterocycles. The van der Waals surface area contributed by atoms with Gasteiger partial charge >= 0.3 is 207 Å². The molecule has 1 atom stereocenters. The summed E-state index contributed by atoms with van der Waals surface area (Å²) in [4.78, 5) is 4.47. The topological polar surface area (TPSA) is 74.7 Å². The van der Waals surface area contributed by atoms with Crippen LogP contribution in [-0.2, 0) is 0 Å². The minimum Gasteiger partial charge on any atom is -1.00 e. The quantitative estimate of drug-likeness (QED) is 0.0773. The Labute approximate surface area is 315 Å². The normalized spacial score (nSPS) is 15.0. The Morgan fingerprint density at radius 2 is 1.10 bits per heavy atom. The molecule has 1 aliphatic rings. The molecule has 0 aliphatic carbocycles. The predicted octanol–water partition coefficient (Wildman–Crippen LogP) is 4.79. The second kappa shape index (κ2) is 19.3. The molecule has 0 amide bonds. The molecule has 268 valence electrons. The van der Waals surface area contributed by atoms with Gasteiger partial charge in [0, 0.05) is 5.56 Å². The summed E-state index contributed by atoms with van der Waals surface area (Å²) in [5.74, 6) is -1.01. The van der Waals surface area contributed by atoms with Crippen molar-refractivity contribution in [1.29, 1.82) is 0 Å². The second-order valence-electron chi connectivity index (χ2n) is 13.3. The molecule has 0 fully saturated rings. The first-order chi connectivity index (χ1) is 23.9. The zero-order chi connectivity index (χ0) is 34.4. The average molecular weight is 779 g/mol. The molecule has 6 nitrogen and oxygen atoms in total. The van der Waals surface area contributed by atoms with Crippen LogP contribution in [-0.4, -0.2) is 43.4 Å². The van der Waals surface area contributed by atoms with E-state index in [0.29, 0.717) is 5.96 Å². The number of hydrogen-bond acceptors (Lipinski definition) is 3. The molecule has 4 aromatic rings. The molecule has 1 aliphatic heterocycles. The number of unbranched alkanes of at least 4 members (excludes halogenated alkanes) is 9. The number of nitrogens with zero attached hydrogens (tertiary/aromatic N) is 2. The number of rotatable bonds is 18. The van der Waals surface area contributed by atoms with E-state index in [1.807, 2.05) is 42.9 Å². The monoisotopic (exact) mass is 777 g/mol. The van der Waals surface area contributed by atoms with Crippen LogP contribution in [0.25, 0.3) is 0 Å². The maximum absolute atomic E-state index is 8.20. The van der Waals surface area contributed by atoms with Crippen molar-refractivity contribution >= 4 is 45.0 Å². The van der Waals surface area contributed by atoms with E-state index in [0.717, 1.165) is 42.9 Å². The number of nitrogens with one attached hydrogen (secondary N) is 2. The van der Waals surface area contributed by atoms with Crippen LogP contribution in [0.4, 0.5) is 0 Å². The van der Waals surface area contributed by atoms with E-state index in [4.69, 9.17) is 21.7 Å². The number of ether oxygens (including phenoxy) is 1. The van der Waals surface area contributed by atoms with Gasteiger partial charge in [0.25, 0.3) is 5.96 Å². The number of benzene rings is 4. The second-order valence-corrected chi connectivity index (χ2v) is 19.9. The van der Waals surface area contributed by atoms with Gasteiger partial charge in [-0.05, 0) is 24.3 Å². The Balaban J connectivity index is 0.00000562. The van der Waals surface area contributed by atoms with Gasteiger partial charge in [0.05, 0.1) is 14.1 Å². The molecule has 0 saturated carbocycles. The maximum atomic E-state index is 8.20. The van der Waals surface area contributed by atoms with E-state index >= 15 is 0 Å². The van der Waals surface area contributed by atoms with Crippen LogP contribution in [0.2, 0.25) is 0 Å². The van der Waals surface area contributed by atoms with Crippen molar-refractivity contribution in [2.75, 3.05) is 26.9 Å². The molecule has 9 heteroatoms. The third-order valence-electron chi connectivity index (χ3n) is 9.56. The fourth-order valence-electron chi connectivity index (χ4n) is 6.80. The van der Waals surface area contributed by atoms with E-state index in [-0.39, 0.29) is 23.1 Å². The molecule has 0 radical (unpaired) electrons. The van der Waals surface area contributed by atoms with Crippen molar-refractivity contribution in [2.24, 2.45) is 10.7 Å². The molecule has 1 unspecified atom stereocenters. The van der Waals surface area contributed by atoms with Crippen LogP contribution in [0.5, 0.6) is 5.75 Å². The third kappa shape index (κ3) is 9.90. The van der Waals surface area contributed by atoms with Gasteiger partial charge in [0.15, 0.2) is 6.17 Å². The minimum absolute atomic E-state index is 0. The van der Waals surface area contributed by atoms with Gasteiger partial charge in [-0.15, -0.1) is 0 Å². The molecule has 0 bridgehead atoms. The molecular weight excluding hydrogens is 725 g/mol. The number of halogens is 2. The molecule has 4 N–H and O–H groups in total. The fraction of sp³-hybridized carbons (Fsp3) is 0.366. The van der Waals surface area contributed by atoms with Gasteiger partial charge in [0.2, 0.25) is 0 Å². The summed E-state index contributed by atoms with van der Waals surface area (Å²) in [5.41, 5.74) is 7.01. The predicted molar refractivity (Wildman–Crippen MR) is 212 cm³/mol. The van der Waals surface area contributed by atoms with E-state index in [2.05, 4.69) is 107 Å². The Bertz CT molecular complexity index is 1550. The minimum atomic E-state index is -3.13. The molecule has 4 aromatic carbocycles. The smallest absolute Gasteiger partial charge is 0.0195 e. The van der Waals surface area contributed by atoms with Crippen LogP contribution in [0.15, 0.2) is 120 Å².